The van der Waals surface area contributed by atoms with Crippen LogP contribution < -0.4 is 15.8 Å². The van der Waals surface area contributed by atoms with Crippen LogP contribution >= 0.6 is 12.4 Å². The minimum Gasteiger partial charge on any atom is -0.435 e. The second-order valence-electron chi connectivity index (χ2n) is 6.59. The summed E-state index contributed by atoms with van der Waals surface area (Å²) in [7, 11) is 0. The van der Waals surface area contributed by atoms with Gasteiger partial charge in [0.2, 0.25) is 5.91 Å². The van der Waals surface area contributed by atoms with E-state index in [4.69, 9.17) is 5.73 Å². The van der Waals surface area contributed by atoms with Crippen molar-refractivity contribution in [2.45, 2.75) is 44.8 Å². The van der Waals surface area contributed by atoms with E-state index in [-0.39, 0.29) is 36.0 Å². The Morgan fingerprint density at radius 1 is 1.17 bits per heavy atom. The number of nitrogens with two attached hydrogens (primary N) is 1. The average molecular weight is 361 g/mol. The third kappa shape index (κ3) is 4.36. The molecule has 3 rings (SSSR count). The third-order valence-electron chi connectivity index (χ3n) is 5.13. The number of benzene rings is 1. The number of hydrogen-bond acceptors (Lipinski definition) is 3. The van der Waals surface area contributed by atoms with E-state index in [1.165, 1.54) is 18.6 Å². The van der Waals surface area contributed by atoms with Crippen LogP contribution in [0, 0.1) is 17.8 Å². The van der Waals surface area contributed by atoms with Gasteiger partial charge < -0.3 is 15.8 Å². The largest absolute Gasteiger partial charge is 0.435 e. The molecule has 2 atom stereocenters. The summed E-state index contributed by atoms with van der Waals surface area (Å²) in [5.41, 5.74) is 6.84. The fourth-order valence-electron chi connectivity index (χ4n) is 3.97. The van der Waals surface area contributed by atoms with Gasteiger partial charge in [0, 0.05) is 17.6 Å². The fraction of sp³-hybridized carbons (Fsp3) is 0.588. The molecule has 2 unspecified atom stereocenters. The van der Waals surface area contributed by atoms with E-state index in [0.29, 0.717) is 17.5 Å². The van der Waals surface area contributed by atoms with Crippen molar-refractivity contribution in [3.05, 3.63) is 24.3 Å². The molecule has 0 heterocycles. The van der Waals surface area contributed by atoms with Crippen LogP contribution in [0.4, 0.5) is 14.5 Å². The number of amides is 1. The van der Waals surface area contributed by atoms with Crippen LogP contribution in [-0.2, 0) is 4.79 Å². The monoisotopic (exact) mass is 360 g/mol. The van der Waals surface area contributed by atoms with Gasteiger partial charge in [-0.3, -0.25) is 4.79 Å². The Balaban J connectivity index is 0.00000208. The molecule has 134 valence electrons. The number of nitrogens with one attached hydrogen (secondary N) is 1. The Morgan fingerprint density at radius 2 is 1.75 bits per heavy atom. The Labute approximate surface area is 146 Å². The van der Waals surface area contributed by atoms with Crippen LogP contribution in [0.3, 0.4) is 0 Å². The molecule has 0 aliphatic heterocycles. The summed E-state index contributed by atoms with van der Waals surface area (Å²) >= 11 is 0. The number of hydrogen-bond donors (Lipinski definition) is 2. The van der Waals surface area contributed by atoms with Crippen molar-refractivity contribution < 1.29 is 18.3 Å². The summed E-state index contributed by atoms with van der Waals surface area (Å²) in [5, 5.41) is 2.87. The molecular weight excluding hydrogens is 338 g/mol. The van der Waals surface area contributed by atoms with Gasteiger partial charge in [0.1, 0.15) is 5.75 Å². The highest BCUT2D eigenvalue weighted by molar-refractivity contribution is 5.92. The van der Waals surface area contributed by atoms with E-state index in [1.54, 1.807) is 12.1 Å². The van der Waals surface area contributed by atoms with Crippen LogP contribution in [0.2, 0.25) is 0 Å². The molecule has 2 aliphatic rings. The highest BCUT2D eigenvalue weighted by Gasteiger charge is 2.40. The Kier molecular flexibility index (Phi) is 6.40. The van der Waals surface area contributed by atoms with E-state index in [2.05, 4.69) is 10.1 Å². The lowest BCUT2D eigenvalue weighted by Gasteiger charge is -2.43. The van der Waals surface area contributed by atoms with Crippen LogP contribution in [0.25, 0.3) is 0 Å². The van der Waals surface area contributed by atoms with Gasteiger partial charge in [-0.05, 0) is 61.8 Å². The Hall–Kier alpha value is -1.40. The lowest BCUT2D eigenvalue weighted by atomic mass is 9.65. The molecule has 0 saturated heterocycles. The summed E-state index contributed by atoms with van der Waals surface area (Å²) < 4.78 is 28.5. The van der Waals surface area contributed by atoms with Gasteiger partial charge in [-0.25, -0.2) is 0 Å². The quantitative estimate of drug-likeness (QED) is 0.858. The number of carbonyl (C=O) groups is 1. The molecule has 1 aromatic rings. The van der Waals surface area contributed by atoms with Gasteiger partial charge in [-0.2, -0.15) is 8.78 Å². The number of halogens is 3. The summed E-state index contributed by atoms with van der Waals surface area (Å²) in [6, 6.07) is 6.23. The first-order valence-electron chi connectivity index (χ1n) is 8.14. The molecule has 1 amide bonds. The topological polar surface area (TPSA) is 64.4 Å². The molecular formula is C17H23ClF2N2O2. The smallest absolute Gasteiger partial charge is 0.387 e. The fourth-order valence-corrected chi connectivity index (χ4v) is 3.97. The number of rotatable bonds is 4. The van der Waals surface area contributed by atoms with Crippen molar-refractivity contribution in [1.82, 2.24) is 0 Å². The Morgan fingerprint density at radius 3 is 2.29 bits per heavy atom. The number of alkyl halides is 2. The van der Waals surface area contributed by atoms with Gasteiger partial charge in [0.25, 0.3) is 0 Å². The molecule has 2 bridgehead atoms. The molecule has 2 aliphatic carbocycles. The zero-order valence-electron chi connectivity index (χ0n) is 13.3. The van der Waals surface area contributed by atoms with Gasteiger partial charge in [0.05, 0.1) is 0 Å². The maximum atomic E-state index is 12.5. The summed E-state index contributed by atoms with van der Waals surface area (Å²) in [6.45, 7) is -2.85. The maximum Gasteiger partial charge on any atom is 0.387 e. The zero-order valence-corrected chi connectivity index (χ0v) is 14.1. The van der Waals surface area contributed by atoms with Crippen LogP contribution in [0.15, 0.2) is 24.3 Å². The van der Waals surface area contributed by atoms with Crippen molar-refractivity contribution in [2.24, 2.45) is 23.5 Å². The van der Waals surface area contributed by atoms with Crippen LogP contribution in [0.5, 0.6) is 5.75 Å². The second kappa shape index (κ2) is 8.12. The average Bonchev–Trinajstić information content (AvgIpc) is 2.48. The molecule has 1 aromatic carbocycles. The minimum absolute atomic E-state index is 0. The first-order chi connectivity index (χ1) is 11.0. The standard InChI is InChI=1S/C17H22F2N2O2.ClH/c18-17(19)23-14-6-4-13(5-7-14)21-16(22)12-8-10-2-1-3-11(9-12)15(10)20;/h4-7,10-12,15,17H,1-3,8-9,20H2,(H,21,22);1H. The predicted molar refractivity (Wildman–Crippen MR) is 90.5 cm³/mol. The van der Waals surface area contributed by atoms with E-state index >= 15 is 0 Å². The minimum atomic E-state index is -2.85. The van der Waals surface area contributed by atoms with Gasteiger partial charge >= 0.3 is 6.61 Å². The molecule has 2 saturated carbocycles. The maximum absolute atomic E-state index is 12.5. The van der Waals surface area contributed by atoms with Gasteiger partial charge in [-0.1, -0.05) is 6.42 Å². The van der Waals surface area contributed by atoms with E-state index in [1.807, 2.05) is 0 Å². The number of fused-ring (bicyclic) bond motifs is 2. The molecule has 3 N–H and O–H groups in total. The van der Waals surface area contributed by atoms with Crippen molar-refractivity contribution in [3.63, 3.8) is 0 Å². The van der Waals surface area contributed by atoms with E-state index < -0.39 is 6.61 Å². The lowest BCUT2D eigenvalue weighted by Crippen LogP contribution is -2.48. The summed E-state index contributed by atoms with van der Waals surface area (Å²) in [6.07, 6.45) is 5.12. The second-order valence-corrected chi connectivity index (χ2v) is 6.59. The molecule has 4 nitrogen and oxygen atoms in total. The van der Waals surface area contributed by atoms with Crippen molar-refractivity contribution in [1.29, 1.82) is 0 Å². The van der Waals surface area contributed by atoms with E-state index in [9.17, 15) is 13.6 Å². The van der Waals surface area contributed by atoms with Gasteiger partial charge in [-0.15, -0.1) is 12.4 Å². The highest BCUT2D eigenvalue weighted by atomic mass is 35.5. The predicted octanol–water partition coefficient (Wildman–Crippen LogP) is 3.80. The molecule has 24 heavy (non-hydrogen) atoms. The SMILES string of the molecule is Cl.NC1C2CCCC1CC(C(=O)Nc1ccc(OC(F)F)cc1)C2. The number of ether oxygens (including phenoxy) is 1. The first-order valence-corrected chi connectivity index (χ1v) is 8.14. The highest BCUT2D eigenvalue weighted by Crippen LogP contribution is 2.42. The molecule has 0 spiro atoms. The van der Waals surface area contributed by atoms with Crippen molar-refractivity contribution in [3.8, 4) is 5.75 Å². The number of anilines is 1. The molecule has 0 aromatic heterocycles. The molecule has 0 radical (unpaired) electrons. The lowest BCUT2D eigenvalue weighted by molar-refractivity contribution is -0.122. The first kappa shape index (κ1) is 18.9. The van der Waals surface area contributed by atoms with Crippen molar-refractivity contribution in [2.75, 3.05) is 5.32 Å². The van der Waals surface area contributed by atoms with Crippen LogP contribution in [-0.4, -0.2) is 18.6 Å². The van der Waals surface area contributed by atoms with Crippen molar-refractivity contribution >= 4 is 24.0 Å². The summed E-state index contributed by atoms with van der Waals surface area (Å²) in [4.78, 5) is 12.5. The van der Waals surface area contributed by atoms with E-state index in [0.717, 1.165) is 25.7 Å². The van der Waals surface area contributed by atoms with Crippen LogP contribution in [0.1, 0.15) is 32.1 Å². The molecule has 2 fully saturated rings. The van der Waals surface area contributed by atoms with Gasteiger partial charge in [0.15, 0.2) is 0 Å². The normalized spacial score (nSPS) is 28.8. The zero-order chi connectivity index (χ0) is 16.4. The third-order valence-corrected chi connectivity index (χ3v) is 5.13. The number of carbonyl (C=O) groups excluding carboxylic acids is 1. The molecule has 7 heteroatoms. The summed E-state index contributed by atoms with van der Waals surface area (Å²) in [5.74, 6) is 0.953. The Bertz CT molecular complexity index is 542.